The Balaban J connectivity index is 1.59. The number of rotatable bonds is 6. The maximum Gasteiger partial charge on any atom is 0.239 e. The summed E-state index contributed by atoms with van der Waals surface area (Å²) in [6.07, 6.45) is 0.901. The molecule has 1 atom stereocenters. The quantitative estimate of drug-likeness (QED) is 0.760. The fourth-order valence-corrected chi connectivity index (χ4v) is 2.17. The molecule has 1 amide bonds. The van der Waals surface area contributed by atoms with Crippen molar-refractivity contribution < 1.29 is 9.53 Å². The number of anilines is 1. The first-order chi connectivity index (χ1) is 9.77. The molecule has 5 heteroatoms. The van der Waals surface area contributed by atoms with Crippen molar-refractivity contribution in [3.8, 4) is 0 Å². The fourth-order valence-electron chi connectivity index (χ4n) is 2.17. The summed E-state index contributed by atoms with van der Waals surface area (Å²) in [5.41, 5.74) is 1.11. The predicted molar refractivity (Wildman–Crippen MR) is 79.8 cm³/mol. The number of nitrogens with zero attached hydrogens (tertiary/aromatic N) is 1. The summed E-state index contributed by atoms with van der Waals surface area (Å²) >= 11 is 0. The third kappa shape index (κ3) is 4.51. The molecule has 2 N–H and O–H groups in total. The van der Waals surface area contributed by atoms with Gasteiger partial charge in [0, 0.05) is 25.3 Å². The minimum Gasteiger partial charge on any atom is -0.385 e. The number of carbonyl (C=O) groups excluding carboxylic acids is 1. The van der Waals surface area contributed by atoms with Crippen LogP contribution in [0, 0.1) is 0 Å². The van der Waals surface area contributed by atoms with Crippen LogP contribution in [0.15, 0.2) is 30.3 Å². The minimum absolute atomic E-state index is 0.0620. The van der Waals surface area contributed by atoms with E-state index < -0.39 is 0 Å². The number of hydrogen-bond donors (Lipinski definition) is 2. The van der Waals surface area contributed by atoms with Gasteiger partial charge in [0.15, 0.2) is 0 Å². The van der Waals surface area contributed by atoms with Crippen molar-refractivity contribution in [3.05, 3.63) is 30.3 Å². The molecular weight excluding hydrogens is 254 g/mol. The monoisotopic (exact) mass is 277 g/mol. The van der Waals surface area contributed by atoms with Crippen LogP contribution in [0.3, 0.4) is 0 Å². The fraction of sp³-hybridized carbons (Fsp3) is 0.533. The van der Waals surface area contributed by atoms with E-state index in [1.54, 1.807) is 0 Å². The Morgan fingerprint density at radius 3 is 2.90 bits per heavy atom. The van der Waals surface area contributed by atoms with Crippen LogP contribution in [0.4, 0.5) is 5.69 Å². The number of nitrogens with one attached hydrogen (secondary N) is 2. The number of benzene rings is 1. The summed E-state index contributed by atoms with van der Waals surface area (Å²) < 4.78 is 5.34. The van der Waals surface area contributed by atoms with E-state index in [-0.39, 0.29) is 11.9 Å². The number of amides is 1. The Bertz CT molecular complexity index is 411. The lowest BCUT2D eigenvalue weighted by Gasteiger charge is -2.31. The van der Waals surface area contributed by atoms with E-state index in [0.29, 0.717) is 19.8 Å². The highest BCUT2D eigenvalue weighted by Gasteiger charge is 2.25. The van der Waals surface area contributed by atoms with Gasteiger partial charge in [0.2, 0.25) is 5.91 Å². The maximum absolute atomic E-state index is 12.0. The average Bonchev–Trinajstić information content (AvgIpc) is 2.48. The smallest absolute Gasteiger partial charge is 0.239 e. The Morgan fingerprint density at radius 1 is 1.35 bits per heavy atom. The second-order valence-corrected chi connectivity index (χ2v) is 5.01. The van der Waals surface area contributed by atoms with Gasteiger partial charge in [-0.3, -0.25) is 9.69 Å². The summed E-state index contributed by atoms with van der Waals surface area (Å²) in [6, 6.07) is 9.92. The first kappa shape index (κ1) is 14.8. The number of likely N-dealkylation sites (N-methyl/N-ethyl adjacent to an activating group) is 1. The highest BCUT2D eigenvalue weighted by molar-refractivity contribution is 5.81. The standard InChI is InChI=1S/C15H23N3O2/c1-18-10-11-20-12-14(18)15(19)17-9-5-8-16-13-6-3-2-4-7-13/h2-4,6-7,14,16H,5,8-12H2,1H3,(H,17,19)/t14-/m1/s1. The molecule has 1 saturated heterocycles. The molecule has 1 aliphatic heterocycles. The molecule has 1 aliphatic rings. The third-order valence-electron chi connectivity index (χ3n) is 3.45. The molecule has 1 heterocycles. The summed E-state index contributed by atoms with van der Waals surface area (Å²) in [5.74, 6) is 0.0620. The number of hydrogen-bond acceptors (Lipinski definition) is 4. The van der Waals surface area contributed by atoms with Gasteiger partial charge in [0.1, 0.15) is 6.04 Å². The average molecular weight is 277 g/mol. The molecule has 5 nitrogen and oxygen atoms in total. The lowest BCUT2D eigenvalue weighted by Crippen LogP contribution is -2.52. The molecule has 0 aromatic heterocycles. The Morgan fingerprint density at radius 2 is 2.15 bits per heavy atom. The number of ether oxygens (including phenoxy) is 1. The van der Waals surface area contributed by atoms with Crippen molar-refractivity contribution in [2.24, 2.45) is 0 Å². The maximum atomic E-state index is 12.0. The summed E-state index contributed by atoms with van der Waals surface area (Å²) in [6.45, 7) is 3.55. The molecule has 0 aliphatic carbocycles. The Hall–Kier alpha value is -1.59. The normalized spacial score (nSPS) is 19.6. The predicted octanol–water partition coefficient (Wildman–Crippen LogP) is 0.935. The first-order valence-electron chi connectivity index (χ1n) is 7.12. The van der Waals surface area contributed by atoms with Crippen molar-refractivity contribution in [2.75, 3.05) is 45.2 Å². The van der Waals surface area contributed by atoms with Gasteiger partial charge in [-0.2, -0.15) is 0 Å². The zero-order valence-corrected chi connectivity index (χ0v) is 12.0. The molecule has 0 saturated carbocycles. The molecule has 0 spiro atoms. The van der Waals surface area contributed by atoms with Gasteiger partial charge in [-0.1, -0.05) is 18.2 Å². The van der Waals surface area contributed by atoms with Crippen molar-refractivity contribution in [1.82, 2.24) is 10.2 Å². The van der Waals surface area contributed by atoms with Crippen LogP contribution >= 0.6 is 0 Å². The molecule has 0 bridgehead atoms. The topological polar surface area (TPSA) is 53.6 Å². The van der Waals surface area contributed by atoms with Crippen LogP contribution < -0.4 is 10.6 Å². The molecule has 110 valence electrons. The second kappa shape index (κ2) is 7.87. The van der Waals surface area contributed by atoms with Crippen LogP contribution in [0.25, 0.3) is 0 Å². The van der Waals surface area contributed by atoms with E-state index in [1.807, 2.05) is 42.3 Å². The molecule has 0 unspecified atom stereocenters. The largest absolute Gasteiger partial charge is 0.385 e. The third-order valence-corrected chi connectivity index (χ3v) is 3.45. The highest BCUT2D eigenvalue weighted by Crippen LogP contribution is 2.05. The lowest BCUT2D eigenvalue weighted by atomic mass is 10.2. The van der Waals surface area contributed by atoms with E-state index in [0.717, 1.165) is 25.2 Å². The highest BCUT2D eigenvalue weighted by atomic mass is 16.5. The number of para-hydroxylation sites is 1. The molecule has 1 aromatic rings. The molecule has 2 rings (SSSR count). The van der Waals surface area contributed by atoms with Crippen LogP contribution in [-0.2, 0) is 9.53 Å². The van der Waals surface area contributed by atoms with Gasteiger partial charge in [-0.05, 0) is 25.6 Å². The van der Waals surface area contributed by atoms with E-state index in [1.165, 1.54) is 0 Å². The molecular formula is C15H23N3O2. The first-order valence-corrected chi connectivity index (χ1v) is 7.12. The van der Waals surface area contributed by atoms with E-state index in [2.05, 4.69) is 10.6 Å². The van der Waals surface area contributed by atoms with Gasteiger partial charge in [-0.15, -0.1) is 0 Å². The van der Waals surface area contributed by atoms with Gasteiger partial charge >= 0.3 is 0 Å². The number of morpholine rings is 1. The molecule has 0 radical (unpaired) electrons. The lowest BCUT2D eigenvalue weighted by molar-refractivity contribution is -0.131. The molecule has 1 fully saturated rings. The number of carbonyl (C=O) groups is 1. The van der Waals surface area contributed by atoms with Gasteiger partial charge in [0.05, 0.1) is 13.2 Å². The molecule has 20 heavy (non-hydrogen) atoms. The van der Waals surface area contributed by atoms with E-state index in [4.69, 9.17) is 4.74 Å². The van der Waals surface area contributed by atoms with Crippen LogP contribution in [0.2, 0.25) is 0 Å². The van der Waals surface area contributed by atoms with Crippen molar-refractivity contribution in [2.45, 2.75) is 12.5 Å². The summed E-state index contributed by atoms with van der Waals surface area (Å²) in [7, 11) is 1.96. The van der Waals surface area contributed by atoms with Crippen molar-refractivity contribution in [3.63, 3.8) is 0 Å². The van der Waals surface area contributed by atoms with Crippen molar-refractivity contribution in [1.29, 1.82) is 0 Å². The second-order valence-electron chi connectivity index (χ2n) is 5.01. The Kier molecular flexibility index (Phi) is 5.83. The van der Waals surface area contributed by atoms with Gasteiger partial charge < -0.3 is 15.4 Å². The summed E-state index contributed by atoms with van der Waals surface area (Å²) in [4.78, 5) is 14.0. The van der Waals surface area contributed by atoms with Crippen LogP contribution in [-0.4, -0.2) is 56.7 Å². The van der Waals surface area contributed by atoms with Crippen LogP contribution in [0.5, 0.6) is 0 Å². The van der Waals surface area contributed by atoms with Crippen molar-refractivity contribution >= 4 is 11.6 Å². The van der Waals surface area contributed by atoms with Gasteiger partial charge in [0.25, 0.3) is 0 Å². The zero-order chi connectivity index (χ0) is 14.2. The van der Waals surface area contributed by atoms with E-state index in [9.17, 15) is 4.79 Å². The molecule has 1 aromatic carbocycles. The van der Waals surface area contributed by atoms with E-state index >= 15 is 0 Å². The minimum atomic E-state index is -0.147. The van der Waals surface area contributed by atoms with Gasteiger partial charge in [-0.25, -0.2) is 0 Å². The van der Waals surface area contributed by atoms with Crippen LogP contribution in [0.1, 0.15) is 6.42 Å². The SMILES string of the molecule is CN1CCOC[C@@H]1C(=O)NCCCNc1ccccc1. The Labute approximate surface area is 120 Å². The zero-order valence-electron chi connectivity index (χ0n) is 12.0. The summed E-state index contributed by atoms with van der Waals surface area (Å²) in [5, 5.41) is 6.29.